The summed E-state index contributed by atoms with van der Waals surface area (Å²) in [6, 6.07) is 8.25. The molecule has 0 saturated heterocycles. The fourth-order valence-corrected chi connectivity index (χ4v) is 4.78. The van der Waals surface area contributed by atoms with Gasteiger partial charge in [-0.25, -0.2) is 0 Å². The molecule has 0 radical (unpaired) electrons. The molecule has 1 aromatic heterocycles. The molecule has 1 atom stereocenters. The number of anilines is 1. The third-order valence-electron chi connectivity index (χ3n) is 4.15. The fraction of sp³-hybridized carbons (Fsp3) is 0.333. The van der Waals surface area contributed by atoms with Crippen molar-refractivity contribution < 1.29 is 14.7 Å². The van der Waals surface area contributed by atoms with Crippen molar-refractivity contribution in [3.63, 3.8) is 0 Å². The number of rotatable bonds is 6. The summed E-state index contributed by atoms with van der Waals surface area (Å²) in [6.45, 7) is 4.34. The zero-order valence-electron chi connectivity index (χ0n) is 14.1. The van der Waals surface area contributed by atoms with Crippen LogP contribution in [0.2, 0.25) is 0 Å². The van der Waals surface area contributed by atoms with E-state index in [1.54, 1.807) is 16.7 Å². The smallest absolute Gasteiger partial charge is 0.305 e. The molecule has 0 spiro atoms. The third kappa shape index (κ3) is 3.99. The molecule has 2 heterocycles. The van der Waals surface area contributed by atoms with E-state index >= 15 is 0 Å². The van der Waals surface area contributed by atoms with Crippen molar-refractivity contribution >= 4 is 40.7 Å². The number of carbonyl (C=O) groups is 2. The van der Waals surface area contributed by atoms with E-state index in [0.717, 1.165) is 11.4 Å². The number of amides is 1. The van der Waals surface area contributed by atoms with Crippen molar-refractivity contribution in [3.05, 3.63) is 51.2 Å². The molecule has 0 bridgehead atoms. The Bertz CT molecular complexity index is 803. The Balaban J connectivity index is 1.78. The Hall–Kier alpha value is -1.99. The highest BCUT2D eigenvalue weighted by atomic mass is 32.2. The van der Waals surface area contributed by atoms with Gasteiger partial charge >= 0.3 is 5.97 Å². The lowest BCUT2D eigenvalue weighted by molar-refractivity contribution is -0.137. The summed E-state index contributed by atoms with van der Waals surface area (Å²) in [7, 11) is 0. The Morgan fingerprint density at radius 1 is 1.36 bits per heavy atom. The Morgan fingerprint density at radius 3 is 2.92 bits per heavy atom. The zero-order valence-corrected chi connectivity index (χ0v) is 15.7. The number of nitrogens with one attached hydrogen (secondary N) is 1. The van der Waals surface area contributed by atoms with E-state index in [4.69, 9.17) is 5.11 Å². The predicted octanol–water partition coefficient (Wildman–Crippen LogP) is 3.92. The van der Waals surface area contributed by atoms with Crippen molar-refractivity contribution in [2.45, 2.75) is 31.5 Å². The summed E-state index contributed by atoms with van der Waals surface area (Å²) in [4.78, 5) is 25.9. The minimum atomic E-state index is -0.900. The standard InChI is InChI=1S/C18H20N2O3S2/c1-11-3-4-12(2)13(9-11)10-25-18-19-14-6-8-24-16(14)17(23)20(18)7-5-15(21)22/h3-4,6,8-9,18-19H,5,7,10H2,1-2H3,(H,21,22). The van der Waals surface area contributed by atoms with Crippen molar-refractivity contribution in [3.8, 4) is 0 Å². The summed E-state index contributed by atoms with van der Waals surface area (Å²) in [5.74, 6) is -0.242. The van der Waals surface area contributed by atoms with Crippen LogP contribution in [0.3, 0.4) is 0 Å². The molecule has 5 nitrogen and oxygen atoms in total. The number of benzene rings is 1. The number of thiophene rings is 1. The molecular formula is C18H20N2O3S2. The van der Waals surface area contributed by atoms with Gasteiger partial charge in [0.25, 0.3) is 5.91 Å². The minimum absolute atomic E-state index is 0.0609. The molecular weight excluding hydrogens is 356 g/mol. The van der Waals surface area contributed by atoms with Crippen LogP contribution in [0.1, 0.15) is 32.8 Å². The van der Waals surface area contributed by atoms with Gasteiger partial charge in [-0.3, -0.25) is 9.59 Å². The van der Waals surface area contributed by atoms with E-state index < -0.39 is 5.97 Å². The molecule has 7 heteroatoms. The lowest BCUT2D eigenvalue weighted by atomic mass is 10.1. The lowest BCUT2D eigenvalue weighted by Crippen LogP contribution is -2.47. The molecule has 0 saturated carbocycles. The largest absolute Gasteiger partial charge is 0.481 e. The summed E-state index contributed by atoms with van der Waals surface area (Å²) < 4.78 is 0. The van der Waals surface area contributed by atoms with E-state index in [-0.39, 0.29) is 24.4 Å². The van der Waals surface area contributed by atoms with Crippen LogP contribution < -0.4 is 5.32 Å². The topological polar surface area (TPSA) is 69.6 Å². The molecule has 25 heavy (non-hydrogen) atoms. The van der Waals surface area contributed by atoms with Crippen LogP contribution in [-0.2, 0) is 10.5 Å². The molecule has 3 rings (SSSR count). The van der Waals surface area contributed by atoms with Crippen LogP contribution in [-0.4, -0.2) is 33.9 Å². The molecule has 2 aromatic rings. The van der Waals surface area contributed by atoms with Gasteiger partial charge in [-0.2, -0.15) is 0 Å². The van der Waals surface area contributed by atoms with Crippen molar-refractivity contribution in [1.82, 2.24) is 4.90 Å². The maximum atomic E-state index is 12.7. The lowest BCUT2D eigenvalue weighted by Gasteiger charge is -2.36. The molecule has 1 aromatic carbocycles. The van der Waals surface area contributed by atoms with Crippen molar-refractivity contribution in [2.24, 2.45) is 0 Å². The highest BCUT2D eigenvalue weighted by Crippen LogP contribution is 2.35. The zero-order chi connectivity index (χ0) is 18.0. The second kappa shape index (κ2) is 7.49. The summed E-state index contributed by atoms with van der Waals surface area (Å²) in [6.07, 6.45) is -0.0609. The maximum absolute atomic E-state index is 12.7. The predicted molar refractivity (Wildman–Crippen MR) is 102 cm³/mol. The number of aryl methyl sites for hydroxylation is 2. The van der Waals surface area contributed by atoms with E-state index in [1.807, 2.05) is 11.4 Å². The Morgan fingerprint density at radius 2 is 2.16 bits per heavy atom. The highest BCUT2D eigenvalue weighted by molar-refractivity contribution is 7.99. The van der Waals surface area contributed by atoms with E-state index in [0.29, 0.717) is 4.88 Å². The van der Waals surface area contributed by atoms with Crippen LogP contribution >= 0.6 is 23.1 Å². The van der Waals surface area contributed by atoms with Gasteiger partial charge in [-0.1, -0.05) is 23.8 Å². The molecule has 2 N–H and O–H groups in total. The summed E-state index contributed by atoms with van der Waals surface area (Å²) in [5.41, 5.74) is 4.22. The number of nitrogens with zero attached hydrogens (tertiary/aromatic N) is 1. The Kier molecular flexibility index (Phi) is 5.34. The molecule has 0 fully saturated rings. The quantitative estimate of drug-likeness (QED) is 0.800. The SMILES string of the molecule is Cc1ccc(C)c(CSC2Nc3ccsc3C(=O)N2CCC(=O)O)c1. The second-order valence-electron chi connectivity index (χ2n) is 6.04. The van der Waals surface area contributed by atoms with Crippen LogP contribution in [0.5, 0.6) is 0 Å². The second-order valence-corrected chi connectivity index (χ2v) is 8.03. The first-order valence-electron chi connectivity index (χ1n) is 8.00. The van der Waals surface area contributed by atoms with Gasteiger partial charge in [-0.05, 0) is 36.4 Å². The molecule has 132 valence electrons. The number of carbonyl (C=O) groups excluding carboxylic acids is 1. The molecule has 1 amide bonds. The number of hydrogen-bond donors (Lipinski definition) is 2. The average molecular weight is 377 g/mol. The maximum Gasteiger partial charge on any atom is 0.305 e. The van der Waals surface area contributed by atoms with Crippen molar-refractivity contribution in [2.75, 3.05) is 11.9 Å². The fourth-order valence-electron chi connectivity index (χ4n) is 2.73. The normalized spacial score (nSPS) is 16.5. The van der Waals surface area contributed by atoms with Gasteiger partial charge in [-0.15, -0.1) is 23.1 Å². The van der Waals surface area contributed by atoms with Gasteiger partial charge in [0.2, 0.25) is 0 Å². The highest BCUT2D eigenvalue weighted by Gasteiger charge is 2.33. The first-order valence-corrected chi connectivity index (χ1v) is 9.93. The number of fused-ring (bicyclic) bond motifs is 1. The van der Waals surface area contributed by atoms with Crippen LogP contribution in [0.15, 0.2) is 29.6 Å². The number of carboxylic acids is 1. The van der Waals surface area contributed by atoms with Gasteiger partial charge < -0.3 is 15.3 Å². The summed E-state index contributed by atoms with van der Waals surface area (Å²) in [5, 5.41) is 14.2. The van der Waals surface area contributed by atoms with E-state index in [2.05, 4.69) is 37.4 Å². The molecule has 1 aliphatic heterocycles. The van der Waals surface area contributed by atoms with Crippen LogP contribution in [0.25, 0.3) is 0 Å². The van der Waals surface area contributed by atoms with Crippen LogP contribution in [0, 0.1) is 13.8 Å². The average Bonchev–Trinajstić information content (AvgIpc) is 3.03. The summed E-state index contributed by atoms with van der Waals surface area (Å²) >= 11 is 2.99. The first kappa shape index (κ1) is 17.8. The van der Waals surface area contributed by atoms with Gasteiger partial charge in [0.15, 0.2) is 5.50 Å². The number of hydrogen-bond acceptors (Lipinski definition) is 5. The third-order valence-corrected chi connectivity index (χ3v) is 6.22. The van der Waals surface area contributed by atoms with Gasteiger partial charge in [0, 0.05) is 12.3 Å². The first-order chi connectivity index (χ1) is 12.0. The van der Waals surface area contributed by atoms with Gasteiger partial charge in [0.05, 0.1) is 12.1 Å². The van der Waals surface area contributed by atoms with Gasteiger partial charge in [0.1, 0.15) is 4.88 Å². The molecule has 1 unspecified atom stereocenters. The number of thioether (sulfide) groups is 1. The minimum Gasteiger partial charge on any atom is -0.481 e. The van der Waals surface area contributed by atoms with Crippen LogP contribution in [0.4, 0.5) is 5.69 Å². The Labute approximate surface area is 155 Å². The number of aliphatic carboxylic acids is 1. The molecule has 0 aliphatic carbocycles. The number of carboxylic acid groups (broad SMARTS) is 1. The van der Waals surface area contributed by atoms with Crippen molar-refractivity contribution in [1.29, 1.82) is 0 Å². The molecule has 1 aliphatic rings. The van der Waals surface area contributed by atoms with E-state index in [1.165, 1.54) is 28.0 Å². The van der Waals surface area contributed by atoms with E-state index in [9.17, 15) is 9.59 Å². The monoisotopic (exact) mass is 376 g/mol.